The van der Waals surface area contributed by atoms with Crippen LogP contribution in [0.2, 0.25) is 19.6 Å². The van der Waals surface area contributed by atoms with Gasteiger partial charge in [-0.2, -0.15) is 0 Å². The van der Waals surface area contributed by atoms with Crippen LogP contribution in [0.1, 0.15) is 66.9 Å². The fourth-order valence-electron chi connectivity index (χ4n) is 4.32. The van der Waals surface area contributed by atoms with Gasteiger partial charge in [-0.05, 0) is 28.3 Å². The Morgan fingerprint density at radius 2 is 1.49 bits per heavy atom. The molecule has 0 amide bonds. The third kappa shape index (κ3) is 9.83. The second-order valence-corrected chi connectivity index (χ2v) is 19.5. The monoisotopic (exact) mass is 771 g/mol. The number of hydrogen-bond acceptors (Lipinski definition) is 3. The standard InChI is InChI=1S/C27H28NSi.C11H20O2.Ir/c1-19(2)20-11-13-22(14-12-20)25-16-15-24-26(28-25)17-23(18-27(24)29(3,4)5)21-9-7-6-8-10-21;1-10(2,3)8(12)7-9(13)11(4,5)6;/h6-13,15-19H,1-5H3;7,12H,1-6H3;/q-1;;/b;8-7-;. The predicted octanol–water partition coefficient (Wildman–Crippen LogP) is 10.1. The number of carbonyl (C=O) groups is 1. The van der Waals surface area contributed by atoms with Gasteiger partial charge in [0.05, 0.1) is 13.6 Å². The molecule has 0 bridgehead atoms. The number of carbonyl (C=O) groups excluding carboxylic acids is 1. The quantitative estimate of drug-likeness (QED) is 0.0952. The van der Waals surface area contributed by atoms with Crippen LogP contribution in [0.15, 0.2) is 84.6 Å². The van der Waals surface area contributed by atoms with E-state index in [4.69, 9.17) is 4.98 Å². The van der Waals surface area contributed by atoms with Gasteiger partial charge in [-0.25, -0.2) is 0 Å². The number of aliphatic hydroxyl groups is 1. The maximum atomic E-state index is 11.5. The number of rotatable bonds is 5. The number of aromatic nitrogens is 1. The molecule has 43 heavy (non-hydrogen) atoms. The third-order valence-electron chi connectivity index (χ3n) is 7.28. The first-order chi connectivity index (χ1) is 19.4. The summed E-state index contributed by atoms with van der Waals surface area (Å²) in [6, 6.07) is 29.5. The minimum absolute atomic E-state index is 0. The van der Waals surface area contributed by atoms with E-state index in [0.29, 0.717) is 5.92 Å². The summed E-state index contributed by atoms with van der Waals surface area (Å²) in [5.74, 6) is 0.616. The summed E-state index contributed by atoms with van der Waals surface area (Å²) in [6.07, 6.45) is 1.33. The smallest absolute Gasteiger partial charge is 0.164 e. The molecule has 1 aromatic heterocycles. The van der Waals surface area contributed by atoms with Gasteiger partial charge in [0.1, 0.15) is 5.76 Å². The summed E-state index contributed by atoms with van der Waals surface area (Å²) in [5, 5.41) is 12.3. The van der Waals surface area contributed by atoms with Gasteiger partial charge >= 0.3 is 0 Å². The number of aliphatic hydroxyl groups excluding tert-OH is 1. The fraction of sp³-hybridized carbons (Fsp3) is 0.368. The van der Waals surface area contributed by atoms with E-state index in [1.54, 1.807) is 0 Å². The van der Waals surface area contributed by atoms with Crippen LogP contribution in [0.3, 0.4) is 0 Å². The van der Waals surface area contributed by atoms with Crippen molar-refractivity contribution in [3.63, 3.8) is 0 Å². The minimum atomic E-state index is -1.53. The van der Waals surface area contributed by atoms with E-state index in [2.05, 4.69) is 112 Å². The van der Waals surface area contributed by atoms with Crippen LogP contribution in [-0.4, -0.2) is 23.9 Å². The maximum Gasteiger partial charge on any atom is 0.164 e. The molecule has 4 rings (SSSR count). The van der Waals surface area contributed by atoms with E-state index in [9.17, 15) is 9.90 Å². The summed E-state index contributed by atoms with van der Waals surface area (Å²) < 4.78 is 0. The van der Waals surface area contributed by atoms with Crippen LogP contribution in [-0.2, 0) is 24.9 Å². The van der Waals surface area contributed by atoms with Crippen molar-refractivity contribution in [2.75, 3.05) is 0 Å². The van der Waals surface area contributed by atoms with Crippen molar-refractivity contribution in [1.29, 1.82) is 0 Å². The molecule has 231 valence electrons. The normalized spacial score (nSPS) is 12.4. The fourth-order valence-corrected chi connectivity index (χ4v) is 5.92. The summed E-state index contributed by atoms with van der Waals surface area (Å²) in [6.45, 7) is 22.7. The Balaban J connectivity index is 0.000000394. The molecule has 0 unspecified atom stereocenters. The summed E-state index contributed by atoms with van der Waals surface area (Å²) >= 11 is 0. The van der Waals surface area contributed by atoms with Crippen molar-refractivity contribution in [2.45, 2.75) is 80.9 Å². The molecule has 1 radical (unpaired) electrons. The second kappa shape index (κ2) is 14.3. The molecule has 0 atom stereocenters. The Labute approximate surface area is 274 Å². The van der Waals surface area contributed by atoms with Crippen molar-refractivity contribution in [2.24, 2.45) is 10.8 Å². The Hall–Kier alpha value is -2.85. The van der Waals surface area contributed by atoms with Gasteiger partial charge in [0.15, 0.2) is 5.78 Å². The molecule has 0 saturated carbocycles. The number of pyridine rings is 1. The third-order valence-corrected chi connectivity index (χ3v) is 9.31. The van der Waals surface area contributed by atoms with Gasteiger partial charge in [-0.3, -0.25) is 9.78 Å². The molecule has 5 heteroatoms. The van der Waals surface area contributed by atoms with Crippen molar-refractivity contribution in [3.05, 3.63) is 96.3 Å². The molecular formula is C38H48IrNO2Si-. The molecule has 4 aromatic rings. The van der Waals surface area contributed by atoms with Crippen LogP contribution >= 0.6 is 0 Å². The van der Waals surface area contributed by atoms with Crippen LogP contribution in [0.4, 0.5) is 0 Å². The summed E-state index contributed by atoms with van der Waals surface area (Å²) in [7, 11) is -1.53. The minimum Gasteiger partial charge on any atom is -0.512 e. The molecule has 3 nitrogen and oxygen atoms in total. The van der Waals surface area contributed by atoms with Crippen LogP contribution < -0.4 is 5.19 Å². The molecule has 1 N–H and O–H groups in total. The molecule has 0 saturated heterocycles. The molecule has 3 aromatic carbocycles. The Morgan fingerprint density at radius 3 is 1.98 bits per heavy atom. The topological polar surface area (TPSA) is 50.2 Å². The van der Waals surface area contributed by atoms with Gasteiger partial charge in [0.25, 0.3) is 0 Å². The Morgan fingerprint density at radius 1 is 0.860 bits per heavy atom. The average Bonchev–Trinajstić information content (AvgIpc) is 2.91. The molecule has 0 aliphatic heterocycles. The number of nitrogens with zero attached hydrogens (tertiary/aromatic N) is 1. The van der Waals surface area contributed by atoms with Gasteiger partial charge in [-0.15, -0.1) is 35.4 Å². The van der Waals surface area contributed by atoms with Crippen molar-refractivity contribution in [3.8, 4) is 22.4 Å². The van der Waals surface area contributed by atoms with Gasteiger partial charge < -0.3 is 5.11 Å². The maximum absolute atomic E-state index is 11.5. The number of benzene rings is 3. The zero-order chi connectivity index (χ0) is 31.5. The number of fused-ring (bicyclic) bond motifs is 1. The average molecular weight is 771 g/mol. The number of hydrogen-bond donors (Lipinski definition) is 1. The van der Waals surface area contributed by atoms with Gasteiger partial charge in [-0.1, -0.05) is 135 Å². The Bertz CT molecular complexity index is 1550. The van der Waals surface area contributed by atoms with E-state index in [1.165, 1.54) is 33.3 Å². The largest absolute Gasteiger partial charge is 0.512 e. The van der Waals surface area contributed by atoms with Crippen molar-refractivity contribution in [1.82, 2.24) is 4.98 Å². The molecule has 0 fully saturated rings. The van der Waals surface area contributed by atoms with Crippen molar-refractivity contribution >= 4 is 29.9 Å². The van der Waals surface area contributed by atoms with E-state index in [0.717, 1.165) is 16.8 Å². The molecule has 0 aliphatic carbocycles. The van der Waals surface area contributed by atoms with Gasteiger partial charge in [0.2, 0.25) is 0 Å². The van der Waals surface area contributed by atoms with Crippen LogP contribution in [0.5, 0.6) is 0 Å². The van der Waals surface area contributed by atoms with E-state index in [-0.39, 0.29) is 37.1 Å². The van der Waals surface area contributed by atoms with Gasteiger partial charge in [0, 0.05) is 37.0 Å². The summed E-state index contributed by atoms with van der Waals surface area (Å²) in [5.41, 5.74) is 6.15. The SMILES string of the molecule is CC(C)(C)C(=O)/C=C(\O)C(C)(C)C.CC(C)c1c[c-]c(-c2ccc3c([Si](C)(C)C)cc(-c4ccccc4)cc3n2)cc1.[Ir]. The second-order valence-electron chi connectivity index (χ2n) is 14.5. The van der Waals surface area contributed by atoms with E-state index < -0.39 is 13.5 Å². The zero-order valence-electron chi connectivity index (χ0n) is 27.7. The molecule has 1 heterocycles. The van der Waals surface area contributed by atoms with Crippen LogP contribution in [0, 0.1) is 16.9 Å². The molecule has 0 aliphatic rings. The van der Waals surface area contributed by atoms with E-state index in [1.807, 2.05) is 41.5 Å². The Kier molecular flexibility index (Phi) is 12.1. The van der Waals surface area contributed by atoms with Crippen molar-refractivity contribution < 1.29 is 30.0 Å². The predicted molar refractivity (Wildman–Crippen MR) is 183 cm³/mol. The number of ketones is 1. The zero-order valence-corrected chi connectivity index (χ0v) is 31.1. The van der Waals surface area contributed by atoms with Crippen LogP contribution in [0.25, 0.3) is 33.3 Å². The first-order valence-corrected chi connectivity index (χ1v) is 18.4. The summed E-state index contributed by atoms with van der Waals surface area (Å²) in [4.78, 5) is 16.6. The van der Waals surface area contributed by atoms with E-state index >= 15 is 0 Å². The first-order valence-electron chi connectivity index (χ1n) is 14.9. The number of allylic oxidation sites excluding steroid dienone is 2. The first kappa shape index (κ1) is 36.3. The molecule has 0 spiro atoms. The molecular weight excluding hydrogens is 723 g/mol.